The van der Waals surface area contributed by atoms with Crippen molar-refractivity contribution in [1.82, 2.24) is 5.32 Å². The summed E-state index contributed by atoms with van der Waals surface area (Å²) in [5.74, 6) is 0.786. The first kappa shape index (κ1) is 14.0. The van der Waals surface area contributed by atoms with Crippen molar-refractivity contribution in [1.29, 1.82) is 0 Å². The molecule has 1 aromatic carbocycles. The molecule has 1 aromatic rings. The van der Waals surface area contributed by atoms with Crippen molar-refractivity contribution in [3.63, 3.8) is 0 Å². The van der Waals surface area contributed by atoms with Gasteiger partial charge in [0.05, 0.1) is 4.92 Å². The van der Waals surface area contributed by atoms with Crippen LogP contribution in [0.3, 0.4) is 0 Å². The second-order valence-corrected chi connectivity index (χ2v) is 5.51. The molecule has 19 heavy (non-hydrogen) atoms. The average molecular weight is 262 g/mol. The van der Waals surface area contributed by atoms with Crippen LogP contribution in [-0.4, -0.2) is 11.5 Å². The van der Waals surface area contributed by atoms with Gasteiger partial charge in [-0.15, -0.1) is 0 Å². The lowest BCUT2D eigenvalue weighted by atomic mass is 9.89. The number of benzene rings is 1. The standard InChI is InChI=1S/C15H22N2O2/c1-12-7-8-14(9-15(12)17(18)19)11-16-10-13-5-3-2-4-6-13/h7-9,13,16H,2-6,10-11H2,1H3. The lowest BCUT2D eigenvalue weighted by Gasteiger charge is -2.21. The largest absolute Gasteiger partial charge is 0.312 e. The molecule has 1 saturated carbocycles. The normalized spacial score (nSPS) is 16.5. The highest BCUT2D eigenvalue weighted by Gasteiger charge is 2.13. The number of aryl methyl sites for hydroxylation is 1. The summed E-state index contributed by atoms with van der Waals surface area (Å²) < 4.78 is 0. The fourth-order valence-corrected chi connectivity index (χ4v) is 2.77. The first-order valence-corrected chi connectivity index (χ1v) is 7.11. The van der Waals surface area contributed by atoms with E-state index in [0.717, 1.165) is 30.1 Å². The SMILES string of the molecule is Cc1ccc(CNCC2CCCCC2)cc1[N+](=O)[O-]. The molecule has 0 saturated heterocycles. The third-order valence-corrected chi connectivity index (χ3v) is 3.96. The van der Waals surface area contributed by atoms with Crippen LogP contribution < -0.4 is 5.32 Å². The van der Waals surface area contributed by atoms with Gasteiger partial charge in [0.1, 0.15) is 0 Å². The number of hydrogen-bond acceptors (Lipinski definition) is 3. The predicted molar refractivity (Wildman–Crippen MR) is 76.1 cm³/mol. The van der Waals surface area contributed by atoms with Gasteiger partial charge in [0.2, 0.25) is 0 Å². The summed E-state index contributed by atoms with van der Waals surface area (Å²) in [5, 5.41) is 14.3. The van der Waals surface area contributed by atoms with Crippen LogP contribution >= 0.6 is 0 Å². The molecule has 0 aliphatic heterocycles. The van der Waals surface area contributed by atoms with Gasteiger partial charge in [0.15, 0.2) is 0 Å². The van der Waals surface area contributed by atoms with E-state index >= 15 is 0 Å². The van der Waals surface area contributed by atoms with E-state index in [0.29, 0.717) is 0 Å². The van der Waals surface area contributed by atoms with E-state index in [9.17, 15) is 10.1 Å². The Balaban J connectivity index is 1.85. The van der Waals surface area contributed by atoms with Gasteiger partial charge in [-0.1, -0.05) is 31.4 Å². The van der Waals surface area contributed by atoms with Crippen molar-refractivity contribution >= 4 is 5.69 Å². The highest BCUT2D eigenvalue weighted by molar-refractivity contribution is 5.42. The van der Waals surface area contributed by atoms with Crippen molar-refractivity contribution in [2.45, 2.75) is 45.6 Å². The van der Waals surface area contributed by atoms with Gasteiger partial charge < -0.3 is 5.32 Å². The van der Waals surface area contributed by atoms with Crippen LogP contribution in [0.5, 0.6) is 0 Å². The zero-order valence-electron chi connectivity index (χ0n) is 11.5. The van der Waals surface area contributed by atoms with E-state index in [2.05, 4.69) is 5.32 Å². The molecule has 0 spiro atoms. The lowest BCUT2D eigenvalue weighted by Crippen LogP contribution is -2.24. The summed E-state index contributed by atoms with van der Waals surface area (Å²) in [6.45, 7) is 3.52. The Hall–Kier alpha value is -1.42. The topological polar surface area (TPSA) is 55.2 Å². The van der Waals surface area contributed by atoms with Gasteiger partial charge in [0, 0.05) is 18.2 Å². The second kappa shape index (κ2) is 6.66. The second-order valence-electron chi connectivity index (χ2n) is 5.51. The minimum atomic E-state index is -0.306. The van der Waals surface area contributed by atoms with Crippen LogP contribution in [0.15, 0.2) is 18.2 Å². The quantitative estimate of drug-likeness (QED) is 0.652. The molecule has 2 rings (SSSR count). The summed E-state index contributed by atoms with van der Waals surface area (Å²) in [7, 11) is 0. The third-order valence-electron chi connectivity index (χ3n) is 3.96. The number of nitro groups is 1. The Kier molecular flexibility index (Phi) is 4.91. The molecule has 4 nitrogen and oxygen atoms in total. The zero-order valence-corrected chi connectivity index (χ0v) is 11.5. The molecule has 0 aromatic heterocycles. The van der Waals surface area contributed by atoms with Gasteiger partial charge in [-0.2, -0.15) is 0 Å². The van der Waals surface area contributed by atoms with Crippen molar-refractivity contribution < 1.29 is 4.92 Å². The van der Waals surface area contributed by atoms with Gasteiger partial charge in [0.25, 0.3) is 5.69 Å². The van der Waals surface area contributed by atoms with E-state index in [1.807, 2.05) is 12.1 Å². The molecule has 1 N–H and O–H groups in total. The van der Waals surface area contributed by atoms with Gasteiger partial charge in [-0.25, -0.2) is 0 Å². The molecule has 0 heterocycles. The van der Waals surface area contributed by atoms with Crippen molar-refractivity contribution in [2.24, 2.45) is 5.92 Å². The molecule has 0 radical (unpaired) electrons. The van der Waals surface area contributed by atoms with E-state index in [1.54, 1.807) is 13.0 Å². The van der Waals surface area contributed by atoms with Crippen LogP contribution in [0, 0.1) is 23.0 Å². The number of nitrogens with zero attached hydrogens (tertiary/aromatic N) is 1. The van der Waals surface area contributed by atoms with Crippen molar-refractivity contribution in [3.05, 3.63) is 39.4 Å². The zero-order chi connectivity index (χ0) is 13.7. The Morgan fingerprint density at radius 2 is 2.05 bits per heavy atom. The molecule has 0 amide bonds. The van der Waals surface area contributed by atoms with E-state index in [-0.39, 0.29) is 10.6 Å². The maximum Gasteiger partial charge on any atom is 0.272 e. The molecule has 104 valence electrons. The Labute approximate surface area is 114 Å². The molecular formula is C15H22N2O2. The lowest BCUT2D eigenvalue weighted by molar-refractivity contribution is -0.385. The van der Waals surface area contributed by atoms with Crippen LogP contribution in [0.2, 0.25) is 0 Å². The van der Waals surface area contributed by atoms with Crippen molar-refractivity contribution in [2.75, 3.05) is 6.54 Å². The molecule has 4 heteroatoms. The van der Waals surface area contributed by atoms with Gasteiger partial charge in [-0.05, 0) is 37.8 Å². The molecule has 1 fully saturated rings. The van der Waals surface area contributed by atoms with Crippen LogP contribution in [0.1, 0.15) is 43.2 Å². The highest BCUT2D eigenvalue weighted by atomic mass is 16.6. The third kappa shape index (κ3) is 4.03. The summed E-state index contributed by atoms with van der Waals surface area (Å²) in [5.41, 5.74) is 1.94. The van der Waals surface area contributed by atoms with Crippen LogP contribution in [0.4, 0.5) is 5.69 Å². The fourth-order valence-electron chi connectivity index (χ4n) is 2.77. The first-order valence-electron chi connectivity index (χ1n) is 7.11. The van der Waals surface area contributed by atoms with Crippen molar-refractivity contribution in [3.8, 4) is 0 Å². The summed E-state index contributed by atoms with van der Waals surface area (Å²) in [6, 6.07) is 5.48. The molecule has 1 aliphatic rings. The highest BCUT2D eigenvalue weighted by Crippen LogP contribution is 2.23. The summed E-state index contributed by atoms with van der Waals surface area (Å²) >= 11 is 0. The molecule has 0 bridgehead atoms. The first-order chi connectivity index (χ1) is 9.16. The van der Waals surface area contributed by atoms with Crippen LogP contribution in [-0.2, 0) is 6.54 Å². The van der Waals surface area contributed by atoms with Crippen LogP contribution in [0.25, 0.3) is 0 Å². The molecular weight excluding hydrogens is 240 g/mol. The van der Waals surface area contributed by atoms with Gasteiger partial charge >= 0.3 is 0 Å². The average Bonchev–Trinajstić information content (AvgIpc) is 2.41. The number of nitro benzene ring substituents is 1. The fraction of sp³-hybridized carbons (Fsp3) is 0.600. The minimum absolute atomic E-state index is 0.219. The maximum atomic E-state index is 10.9. The van der Waals surface area contributed by atoms with Gasteiger partial charge in [-0.3, -0.25) is 10.1 Å². The Morgan fingerprint density at radius 3 is 2.74 bits per heavy atom. The molecule has 0 unspecified atom stereocenters. The smallest absolute Gasteiger partial charge is 0.272 e. The van der Waals surface area contributed by atoms with E-state index < -0.39 is 0 Å². The molecule has 1 aliphatic carbocycles. The number of nitrogens with one attached hydrogen (secondary N) is 1. The number of hydrogen-bond donors (Lipinski definition) is 1. The van der Waals surface area contributed by atoms with E-state index in [4.69, 9.17) is 0 Å². The minimum Gasteiger partial charge on any atom is -0.312 e. The Bertz CT molecular complexity index is 440. The number of rotatable bonds is 5. The molecule has 0 atom stereocenters. The maximum absolute atomic E-state index is 10.9. The Morgan fingerprint density at radius 1 is 1.32 bits per heavy atom. The predicted octanol–water partition coefficient (Wildman–Crippen LogP) is 3.57. The van der Waals surface area contributed by atoms with E-state index in [1.165, 1.54) is 32.1 Å². The summed E-state index contributed by atoms with van der Waals surface area (Å²) in [4.78, 5) is 10.6. The monoisotopic (exact) mass is 262 g/mol. The summed E-state index contributed by atoms with van der Waals surface area (Å²) in [6.07, 6.45) is 6.72.